The molecule has 6 heteroatoms. The Bertz CT molecular complexity index is 370. The molecule has 1 rings (SSSR count). The number of nitrogens with two attached hydrogens (primary N) is 1. The molecule has 0 amide bonds. The van der Waals surface area contributed by atoms with E-state index in [1.165, 1.54) is 12.1 Å². The minimum absolute atomic E-state index is 0.0440. The van der Waals surface area contributed by atoms with Gasteiger partial charge >= 0.3 is 0 Å². The van der Waals surface area contributed by atoms with Crippen molar-refractivity contribution in [2.45, 2.75) is 12.5 Å². The van der Waals surface area contributed by atoms with Gasteiger partial charge in [0.25, 0.3) is 5.69 Å². The van der Waals surface area contributed by atoms with Gasteiger partial charge in [0.2, 0.25) is 0 Å². The zero-order chi connectivity index (χ0) is 11.4. The molecule has 0 fully saturated rings. The minimum Gasteiger partial charge on any atom is -0.391 e. The van der Waals surface area contributed by atoms with Crippen molar-refractivity contribution in [2.75, 3.05) is 6.54 Å². The summed E-state index contributed by atoms with van der Waals surface area (Å²) in [6.07, 6.45) is -0.726. The number of aliphatic hydroxyl groups excluding tert-OH is 1. The van der Waals surface area contributed by atoms with E-state index < -0.39 is 11.0 Å². The molecule has 0 saturated carbocycles. The first-order chi connectivity index (χ1) is 7.06. The molecule has 15 heavy (non-hydrogen) atoms. The molecule has 1 atom stereocenters. The van der Waals surface area contributed by atoms with Crippen LogP contribution in [0.2, 0.25) is 5.02 Å². The Hall–Kier alpha value is -1.17. The van der Waals surface area contributed by atoms with Gasteiger partial charge in [-0.05, 0) is 6.07 Å². The second-order valence-electron chi connectivity index (χ2n) is 3.09. The van der Waals surface area contributed by atoms with Crippen LogP contribution in [0.5, 0.6) is 0 Å². The predicted octanol–water partition coefficient (Wildman–Crippen LogP) is 1.11. The Labute approximate surface area is 91.6 Å². The van der Waals surface area contributed by atoms with Crippen LogP contribution < -0.4 is 5.73 Å². The van der Waals surface area contributed by atoms with E-state index in [1.807, 2.05) is 0 Å². The molecular weight excluding hydrogens is 220 g/mol. The Balaban J connectivity index is 3.07. The molecule has 0 saturated heterocycles. The summed E-state index contributed by atoms with van der Waals surface area (Å²) >= 11 is 5.82. The third-order valence-electron chi connectivity index (χ3n) is 2.00. The highest BCUT2D eigenvalue weighted by molar-refractivity contribution is 6.31. The summed E-state index contributed by atoms with van der Waals surface area (Å²) in [5.41, 5.74) is 5.47. The minimum atomic E-state index is -0.816. The van der Waals surface area contributed by atoms with E-state index >= 15 is 0 Å². The van der Waals surface area contributed by atoms with E-state index in [2.05, 4.69) is 0 Å². The number of nitrogens with zero attached hydrogens (tertiary/aromatic N) is 1. The predicted molar refractivity (Wildman–Crippen MR) is 56.9 cm³/mol. The molecule has 0 spiro atoms. The number of hydrogen-bond donors (Lipinski definition) is 2. The summed E-state index contributed by atoms with van der Waals surface area (Å²) in [7, 11) is 0. The average Bonchev–Trinajstić information content (AvgIpc) is 2.20. The van der Waals surface area contributed by atoms with E-state index in [0.717, 1.165) is 0 Å². The summed E-state index contributed by atoms with van der Waals surface area (Å²) < 4.78 is 0. The summed E-state index contributed by atoms with van der Waals surface area (Å²) in [4.78, 5) is 10.2. The number of nitro benzene ring substituents is 1. The summed E-state index contributed by atoms with van der Waals surface area (Å²) in [5, 5.41) is 20.3. The van der Waals surface area contributed by atoms with Gasteiger partial charge in [0, 0.05) is 19.0 Å². The van der Waals surface area contributed by atoms with Crippen LogP contribution in [0.1, 0.15) is 5.56 Å². The van der Waals surface area contributed by atoms with Crippen molar-refractivity contribution in [3.63, 3.8) is 0 Å². The molecule has 0 aliphatic heterocycles. The zero-order valence-corrected chi connectivity index (χ0v) is 8.65. The van der Waals surface area contributed by atoms with E-state index in [1.54, 1.807) is 6.07 Å². The molecule has 1 unspecified atom stereocenters. The van der Waals surface area contributed by atoms with Crippen molar-refractivity contribution in [1.29, 1.82) is 0 Å². The van der Waals surface area contributed by atoms with Gasteiger partial charge in [0.1, 0.15) is 0 Å². The number of hydrogen-bond acceptors (Lipinski definition) is 4. The molecule has 0 radical (unpaired) electrons. The standard InChI is InChI=1S/C9H11ClN2O3/c10-8-2-1-3-9(12(14)15)7(8)4-6(13)5-11/h1-3,6,13H,4-5,11H2. The highest BCUT2D eigenvalue weighted by Gasteiger charge is 2.18. The number of nitro groups is 1. The number of aliphatic hydroxyl groups is 1. The van der Waals surface area contributed by atoms with Crippen LogP contribution in [0.4, 0.5) is 5.69 Å². The maximum atomic E-state index is 10.7. The molecule has 0 heterocycles. The first-order valence-electron chi connectivity index (χ1n) is 4.36. The molecule has 82 valence electrons. The van der Waals surface area contributed by atoms with Gasteiger partial charge in [0.05, 0.1) is 21.6 Å². The molecule has 0 bridgehead atoms. The molecular formula is C9H11ClN2O3. The normalized spacial score (nSPS) is 12.5. The highest BCUT2D eigenvalue weighted by atomic mass is 35.5. The first kappa shape index (κ1) is 11.9. The third-order valence-corrected chi connectivity index (χ3v) is 2.36. The molecule has 0 aromatic heterocycles. The maximum Gasteiger partial charge on any atom is 0.274 e. The summed E-state index contributed by atoms with van der Waals surface area (Å²) in [5.74, 6) is 0. The fourth-order valence-corrected chi connectivity index (χ4v) is 1.49. The third kappa shape index (κ3) is 2.89. The lowest BCUT2D eigenvalue weighted by atomic mass is 10.1. The van der Waals surface area contributed by atoms with E-state index in [4.69, 9.17) is 17.3 Å². The number of rotatable bonds is 4. The van der Waals surface area contributed by atoms with Gasteiger partial charge in [0.15, 0.2) is 0 Å². The molecule has 1 aromatic carbocycles. The first-order valence-corrected chi connectivity index (χ1v) is 4.74. The Morgan fingerprint density at radius 1 is 1.60 bits per heavy atom. The van der Waals surface area contributed by atoms with Gasteiger partial charge in [-0.25, -0.2) is 0 Å². The Morgan fingerprint density at radius 3 is 2.80 bits per heavy atom. The Morgan fingerprint density at radius 2 is 2.27 bits per heavy atom. The average molecular weight is 231 g/mol. The molecule has 0 aliphatic rings. The summed E-state index contributed by atoms with van der Waals surface area (Å²) in [6, 6.07) is 4.40. The maximum absolute atomic E-state index is 10.7. The van der Waals surface area contributed by atoms with Crippen LogP contribution in [-0.2, 0) is 6.42 Å². The molecule has 1 aromatic rings. The largest absolute Gasteiger partial charge is 0.391 e. The van der Waals surface area contributed by atoms with Crippen LogP contribution in [-0.4, -0.2) is 22.7 Å². The van der Waals surface area contributed by atoms with Crippen LogP contribution >= 0.6 is 11.6 Å². The van der Waals surface area contributed by atoms with Crippen molar-refractivity contribution in [3.05, 3.63) is 38.9 Å². The van der Waals surface area contributed by atoms with Crippen LogP contribution in [0.25, 0.3) is 0 Å². The fourth-order valence-electron chi connectivity index (χ4n) is 1.24. The fraction of sp³-hybridized carbons (Fsp3) is 0.333. The second-order valence-corrected chi connectivity index (χ2v) is 3.50. The Kier molecular flexibility index (Phi) is 4.02. The van der Waals surface area contributed by atoms with Gasteiger partial charge < -0.3 is 10.8 Å². The van der Waals surface area contributed by atoms with Crippen molar-refractivity contribution in [2.24, 2.45) is 5.73 Å². The van der Waals surface area contributed by atoms with Crippen molar-refractivity contribution in [1.82, 2.24) is 0 Å². The van der Waals surface area contributed by atoms with Crippen LogP contribution in [0, 0.1) is 10.1 Å². The topological polar surface area (TPSA) is 89.4 Å². The smallest absolute Gasteiger partial charge is 0.274 e. The number of halogens is 1. The number of benzene rings is 1. The monoisotopic (exact) mass is 230 g/mol. The lowest BCUT2D eigenvalue weighted by Gasteiger charge is -2.09. The molecule has 0 aliphatic carbocycles. The van der Waals surface area contributed by atoms with Crippen molar-refractivity contribution >= 4 is 17.3 Å². The van der Waals surface area contributed by atoms with Crippen molar-refractivity contribution < 1.29 is 10.0 Å². The van der Waals surface area contributed by atoms with Crippen molar-refractivity contribution in [3.8, 4) is 0 Å². The zero-order valence-electron chi connectivity index (χ0n) is 7.89. The van der Waals surface area contributed by atoms with E-state index in [9.17, 15) is 15.2 Å². The van der Waals surface area contributed by atoms with Crippen LogP contribution in [0.3, 0.4) is 0 Å². The summed E-state index contributed by atoms with van der Waals surface area (Å²) in [6.45, 7) is 0.0440. The van der Waals surface area contributed by atoms with Gasteiger partial charge in [-0.15, -0.1) is 0 Å². The van der Waals surface area contributed by atoms with Gasteiger partial charge in [-0.2, -0.15) is 0 Å². The molecule has 5 nitrogen and oxygen atoms in total. The SMILES string of the molecule is NCC(O)Cc1c(Cl)cccc1[N+](=O)[O-]. The van der Waals surface area contributed by atoms with Gasteiger partial charge in [-0.1, -0.05) is 17.7 Å². The highest BCUT2D eigenvalue weighted by Crippen LogP contribution is 2.27. The van der Waals surface area contributed by atoms with Crippen LogP contribution in [0.15, 0.2) is 18.2 Å². The van der Waals surface area contributed by atoms with E-state index in [0.29, 0.717) is 5.56 Å². The lowest BCUT2D eigenvalue weighted by molar-refractivity contribution is -0.385. The second kappa shape index (κ2) is 5.06. The quantitative estimate of drug-likeness (QED) is 0.599. The lowest BCUT2D eigenvalue weighted by Crippen LogP contribution is -2.22. The van der Waals surface area contributed by atoms with Gasteiger partial charge in [-0.3, -0.25) is 10.1 Å². The molecule has 3 N–H and O–H groups in total. The van der Waals surface area contributed by atoms with E-state index in [-0.39, 0.29) is 23.7 Å².